The van der Waals surface area contributed by atoms with Crippen LogP contribution in [0.3, 0.4) is 0 Å². The SMILES string of the molecule is CC1=CC=C(c2ccccc2)C(C(=O)N2CC3(CC3)CC2CNc2ncc(C(F)(F)F)cc2F)=C(C)CC1. The summed E-state index contributed by atoms with van der Waals surface area (Å²) in [4.78, 5) is 19.8. The number of amides is 1. The van der Waals surface area contributed by atoms with Gasteiger partial charge in [-0.05, 0) is 68.6 Å². The monoisotopic (exact) mass is 525 g/mol. The smallest absolute Gasteiger partial charge is 0.366 e. The van der Waals surface area contributed by atoms with Crippen LogP contribution in [0.25, 0.3) is 5.57 Å². The molecular formula is C30H31F4N3O. The van der Waals surface area contributed by atoms with E-state index in [0.29, 0.717) is 24.4 Å². The maximum absolute atomic E-state index is 14.4. The van der Waals surface area contributed by atoms with Crippen LogP contribution in [0.5, 0.6) is 0 Å². The molecule has 1 unspecified atom stereocenters. The fourth-order valence-corrected chi connectivity index (χ4v) is 5.49. The van der Waals surface area contributed by atoms with E-state index in [-0.39, 0.29) is 29.7 Å². The van der Waals surface area contributed by atoms with Crippen LogP contribution >= 0.6 is 0 Å². The molecule has 1 aliphatic heterocycles. The number of aromatic nitrogens is 1. The van der Waals surface area contributed by atoms with E-state index >= 15 is 0 Å². The van der Waals surface area contributed by atoms with Crippen molar-refractivity contribution >= 4 is 17.3 Å². The van der Waals surface area contributed by atoms with Gasteiger partial charge in [0.2, 0.25) is 0 Å². The molecule has 4 nitrogen and oxygen atoms in total. The first-order chi connectivity index (χ1) is 18.1. The number of halogens is 4. The third-order valence-corrected chi connectivity index (χ3v) is 7.93. The Bertz CT molecular complexity index is 1320. The minimum Gasteiger partial charge on any atom is -0.366 e. The lowest BCUT2D eigenvalue weighted by atomic mass is 9.88. The van der Waals surface area contributed by atoms with Crippen molar-refractivity contribution in [2.45, 2.75) is 58.2 Å². The van der Waals surface area contributed by atoms with Crippen molar-refractivity contribution in [2.24, 2.45) is 5.41 Å². The van der Waals surface area contributed by atoms with Gasteiger partial charge in [-0.1, -0.05) is 53.6 Å². The van der Waals surface area contributed by atoms with Gasteiger partial charge in [0.15, 0.2) is 11.6 Å². The normalized spacial score (nSPS) is 21.1. The number of carbonyl (C=O) groups is 1. The number of allylic oxidation sites excluding steroid dienone is 4. The number of benzene rings is 1. The quantitative estimate of drug-likeness (QED) is 0.421. The highest BCUT2D eigenvalue weighted by molar-refractivity contribution is 6.10. The molecule has 1 aromatic carbocycles. The van der Waals surface area contributed by atoms with Crippen molar-refractivity contribution in [3.63, 3.8) is 0 Å². The highest BCUT2D eigenvalue weighted by Crippen LogP contribution is 2.55. The lowest BCUT2D eigenvalue weighted by molar-refractivity contribution is -0.138. The molecule has 0 bridgehead atoms. The van der Waals surface area contributed by atoms with E-state index in [9.17, 15) is 22.4 Å². The van der Waals surface area contributed by atoms with E-state index < -0.39 is 17.6 Å². The highest BCUT2D eigenvalue weighted by atomic mass is 19.4. The molecule has 1 spiro atoms. The Labute approximate surface area is 220 Å². The Morgan fingerprint density at radius 3 is 2.53 bits per heavy atom. The van der Waals surface area contributed by atoms with Gasteiger partial charge in [0.1, 0.15) is 0 Å². The molecule has 200 valence electrons. The van der Waals surface area contributed by atoms with Crippen LogP contribution in [0.1, 0.15) is 57.1 Å². The predicted molar refractivity (Wildman–Crippen MR) is 140 cm³/mol. The van der Waals surface area contributed by atoms with Crippen molar-refractivity contribution in [3.05, 3.63) is 88.4 Å². The summed E-state index contributed by atoms with van der Waals surface area (Å²) in [5, 5.41) is 2.88. The van der Waals surface area contributed by atoms with Crippen LogP contribution in [0.15, 0.2) is 71.5 Å². The Kier molecular flexibility index (Phi) is 6.92. The lowest BCUT2D eigenvalue weighted by Gasteiger charge is -2.29. The standard InChI is InChI=1S/C30H31F4N3O/c1-19-8-10-20(2)26(24(11-9-19)21-6-4-3-5-7-21)28(38)37-18-29(12-13-29)15-23(37)17-36-27-25(31)14-22(16-35-27)30(32,33)34/h3-7,9,11,14,16,23H,8,10,12-13,15,17-18H2,1-2H3,(H,35,36). The van der Waals surface area contributed by atoms with Crippen LogP contribution in [-0.2, 0) is 11.0 Å². The first-order valence-electron chi connectivity index (χ1n) is 13.0. The minimum absolute atomic E-state index is 0.0537. The fourth-order valence-electron chi connectivity index (χ4n) is 5.49. The number of pyridine rings is 1. The Hall–Kier alpha value is -3.42. The van der Waals surface area contributed by atoms with E-state index in [2.05, 4.69) is 23.3 Å². The van der Waals surface area contributed by atoms with Crippen molar-refractivity contribution in [3.8, 4) is 0 Å². The molecule has 1 N–H and O–H groups in total. The molecule has 1 atom stereocenters. The molecule has 5 rings (SSSR count). The lowest BCUT2D eigenvalue weighted by Crippen LogP contribution is -2.41. The van der Waals surface area contributed by atoms with Gasteiger partial charge < -0.3 is 10.2 Å². The highest BCUT2D eigenvalue weighted by Gasteiger charge is 2.53. The van der Waals surface area contributed by atoms with E-state index in [1.54, 1.807) is 0 Å². The number of hydrogen-bond donors (Lipinski definition) is 1. The number of carbonyl (C=O) groups excluding carboxylic acids is 1. The summed E-state index contributed by atoms with van der Waals surface area (Å²) in [5.41, 5.74) is 3.75. The van der Waals surface area contributed by atoms with Gasteiger partial charge in [0, 0.05) is 30.9 Å². The molecule has 1 amide bonds. The van der Waals surface area contributed by atoms with E-state index in [0.717, 1.165) is 48.8 Å². The Morgan fingerprint density at radius 1 is 1.13 bits per heavy atom. The van der Waals surface area contributed by atoms with Gasteiger partial charge in [0.25, 0.3) is 5.91 Å². The molecule has 1 aromatic heterocycles. The molecule has 2 heterocycles. The summed E-state index contributed by atoms with van der Waals surface area (Å²) >= 11 is 0. The zero-order valence-corrected chi connectivity index (χ0v) is 21.5. The summed E-state index contributed by atoms with van der Waals surface area (Å²) in [6.45, 7) is 4.93. The molecule has 1 saturated carbocycles. The first kappa shape index (κ1) is 26.2. The zero-order valence-electron chi connectivity index (χ0n) is 21.5. The molecule has 2 aliphatic carbocycles. The number of nitrogens with one attached hydrogen (secondary N) is 1. The summed E-state index contributed by atoms with van der Waals surface area (Å²) in [5.74, 6) is -1.36. The van der Waals surface area contributed by atoms with Crippen molar-refractivity contribution in [1.29, 1.82) is 0 Å². The van der Waals surface area contributed by atoms with Crippen molar-refractivity contribution in [1.82, 2.24) is 9.88 Å². The largest absolute Gasteiger partial charge is 0.417 e. The van der Waals surface area contributed by atoms with Crippen LogP contribution in [0, 0.1) is 11.2 Å². The van der Waals surface area contributed by atoms with Crippen LogP contribution in [-0.4, -0.2) is 34.9 Å². The van der Waals surface area contributed by atoms with Crippen LogP contribution in [0.4, 0.5) is 23.4 Å². The van der Waals surface area contributed by atoms with E-state index in [4.69, 9.17) is 0 Å². The number of alkyl halides is 3. The predicted octanol–water partition coefficient (Wildman–Crippen LogP) is 7.17. The average molecular weight is 526 g/mol. The fraction of sp³-hybridized carbons (Fsp3) is 0.400. The third kappa shape index (κ3) is 5.40. The van der Waals surface area contributed by atoms with Crippen LogP contribution < -0.4 is 5.32 Å². The van der Waals surface area contributed by atoms with Crippen molar-refractivity contribution < 1.29 is 22.4 Å². The maximum atomic E-state index is 14.4. The second kappa shape index (κ2) is 10.0. The summed E-state index contributed by atoms with van der Waals surface area (Å²) in [6, 6.07) is 10.1. The van der Waals surface area contributed by atoms with Gasteiger partial charge >= 0.3 is 6.18 Å². The van der Waals surface area contributed by atoms with Gasteiger partial charge in [-0.25, -0.2) is 9.37 Å². The molecule has 0 radical (unpaired) electrons. The summed E-state index contributed by atoms with van der Waals surface area (Å²) in [7, 11) is 0. The third-order valence-electron chi connectivity index (χ3n) is 7.93. The van der Waals surface area contributed by atoms with Gasteiger partial charge in [-0.15, -0.1) is 0 Å². The van der Waals surface area contributed by atoms with Gasteiger partial charge in [0.05, 0.1) is 5.56 Å². The Balaban J connectivity index is 1.42. The van der Waals surface area contributed by atoms with Gasteiger partial charge in [-0.2, -0.15) is 13.2 Å². The minimum atomic E-state index is -4.67. The van der Waals surface area contributed by atoms with Gasteiger partial charge in [-0.3, -0.25) is 4.79 Å². The number of likely N-dealkylation sites (tertiary alicyclic amines) is 1. The van der Waals surface area contributed by atoms with E-state index in [1.807, 2.05) is 48.2 Å². The number of anilines is 1. The summed E-state index contributed by atoms with van der Waals surface area (Å²) < 4.78 is 53.2. The Morgan fingerprint density at radius 2 is 1.87 bits per heavy atom. The topological polar surface area (TPSA) is 45.2 Å². The van der Waals surface area contributed by atoms with Crippen LogP contribution in [0.2, 0.25) is 0 Å². The second-order valence-electron chi connectivity index (χ2n) is 10.8. The maximum Gasteiger partial charge on any atom is 0.417 e. The number of rotatable bonds is 5. The zero-order chi connectivity index (χ0) is 27.1. The molecule has 2 fully saturated rings. The first-order valence-corrected chi connectivity index (χ1v) is 13.0. The molecule has 38 heavy (non-hydrogen) atoms. The molecular weight excluding hydrogens is 494 g/mol. The summed E-state index contributed by atoms with van der Waals surface area (Å²) in [6.07, 6.45) is 4.53. The number of hydrogen-bond acceptors (Lipinski definition) is 3. The molecule has 3 aliphatic rings. The van der Waals surface area contributed by atoms with E-state index in [1.165, 1.54) is 5.57 Å². The second-order valence-corrected chi connectivity index (χ2v) is 10.8. The molecule has 1 saturated heterocycles. The number of nitrogens with zero attached hydrogens (tertiary/aromatic N) is 2. The molecule has 2 aromatic rings. The average Bonchev–Trinajstić information content (AvgIpc) is 3.53. The van der Waals surface area contributed by atoms with Crippen molar-refractivity contribution in [2.75, 3.05) is 18.4 Å². The molecule has 8 heteroatoms.